The van der Waals surface area contributed by atoms with Gasteiger partial charge in [-0.3, -0.25) is 4.98 Å². The van der Waals surface area contributed by atoms with Gasteiger partial charge in [-0.2, -0.15) is 0 Å². The summed E-state index contributed by atoms with van der Waals surface area (Å²) in [5, 5.41) is 4.36. The van der Waals surface area contributed by atoms with Crippen molar-refractivity contribution < 1.29 is 0 Å². The first kappa shape index (κ1) is 21.4. The van der Waals surface area contributed by atoms with Gasteiger partial charge >= 0.3 is 0 Å². The SMILES string of the molecule is CCCN1C(=S)NC(c2ccccn2)C1c1cc(C)n(-c2ccc(N(C)C)cc2)c1C. The normalized spacial score (nSPS) is 18.4. The number of nitrogens with one attached hydrogen (secondary N) is 1. The molecule has 2 aromatic heterocycles. The number of hydrogen-bond acceptors (Lipinski definition) is 3. The monoisotopic (exact) mass is 433 g/mol. The minimum atomic E-state index is 0.0327. The van der Waals surface area contributed by atoms with Gasteiger partial charge in [-0.1, -0.05) is 13.0 Å². The molecule has 3 heterocycles. The fourth-order valence-electron chi connectivity index (χ4n) is 4.61. The molecule has 0 saturated carbocycles. The first-order chi connectivity index (χ1) is 14.9. The van der Waals surface area contributed by atoms with E-state index in [0.29, 0.717) is 0 Å². The van der Waals surface area contributed by atoms with Crippen LogP contribution in [-0.2, 0) is 0 Å². The smallest absolute Gasteiger partial charge is 0.170 e. The Labute approximate surface area is 190 Å². The topological polar surface area (TPSA) is 36.3 Å². The highest BCUT2D eigenvalue weighted by Gasteiger charge is 2.40. The number of pyridine rings is 1. The highest BCUT2D eigenvalue weighted by molar-refractivity contribution is 7.80. The lowest BCUT2D eigenvalue weighted by Gasteiger charge is -2.27. The van der Waals surface area contributed by atoms with E-state index in [9.17, 15) is 0 Å². The molecule has 1 saturated heterocycles. The average molecular weight is 434 g/mol. The highest BCUT2D eigenvalue weighted by atomic mass is 32.1. The van der Waals surface area contributed by atoms with E-state index in [1.165, 1.54) is 28.3 Å². The van der Waals surface area contributed by atoms with Gasteiger partial charge < -0.3 is 19.7 Å². The zero-order chi connectivity index (χ0) is 22.1. The summed E-state index contributed by atoms with van der Waals surface area (Å²) in [7, 11) is 4.13. The molecule has 1 N–H and O–H groups in total. The van der Waals surface area contributed by atoms with Crippen molar-refractivity contribution in [2.24, 2.45) is 0 Å². The van der Waals surface area contributed by atoms with Crippen molar-refractivity contribution in [3.05, 3.63) is 77.4 Å². The van der Waals surface area contributed by atoms with Gasteiger partial charge in [0.25, 0.3) is 0 Å². The molecular formula is C25H31N5S. The lowest BCUT2D eigenvalue weighted by atomic mass is 9.96. The van der Waals surface area contributed by atoms with Gasteiger partial charge in [0.15, 0.2) is 5.11 Å². The van der Waals surface area contributed by atoms with Crippen molar-refractivity contribution in [2.75, 3.05) is 25.5 Å². The quantitative estimate of drug-likeness (QED) is 0.558. The van der Waals surface area contributed by atoms with E-state index in [4.69, 9.17) is 12.2 Å². The molecule has 0 aliphatic carbocycles. The molecule has 0 spiro atoms. The average Bonchev–Trinajstić information content (AvgIpc) is 3.24. The van der Waals surface area contributed by atoms with Gasteiger partial charge in [0.1, 0.15) is 0 Å². The molecule has 162 valence electrons. The molecule has 0 bridgehead atoms. The molecule has 3 aromatic rings. The Balaban J connectivity index is 1.79. The molecular weight excluding hydrogens is 402 g/mol. The highest BCUT2D eigenvalue weighted by Crippen LogP contribution is 2.41. The van der Waals surface area contributed by atoms with Crippen LogP contribution in [0.5, 0.6) is 0 Å². The van der Waals surface area contributed by atoms with Crippen molar-refractivity contribution in [3.63, 3.8) is 0 Å². The van der Waals surface area contributed by atoms with Gasteiger partial charge in [-0.15, -0.1) is 0 Å². The molecule has 4 rings (SSSR count). The summed E-state index contributed by atoms with van der Waals surface area (Å²) in [6, 6.07) is 17.3. The van der Waals surface area contributed by atoms with Crippen LogP contribution in [0, 0.1) is 13.8 Å². The molecule has 31 heavy (non-hydrogen) atoms. The van der Waals surface area contributed by atoms with E-state index in [2.05, 4.69) is 95.9 Å². The van der Waals surface area contributed by atoms with Crippen molar-refractivity contribution in [1.29, 1.82) is 0 Å². The van der Waals surface area contributed by atoms with Crippen molar-refractivity contribution in [2.45, 2.75) is 39.3 Å². The number of benzene rings is 1. The lowest BCUT2D eigenvalue weighted by Crippen LogP contribution is -2.30. The second kappa shape index (κ2) is 8.71. The van der Waals surface area contributed by atoms with Crippen LogP contribution >= 0.6 is 12.2 Å². The minimum absolute atomic E-state index is 0.0327. The van der Waals surface area contributed by atoms with E-state index in [0.717, 1.165) is 23.8 Å². The van der Waals surface area contributed by atoms with Crippen LogP contribution in [0.2, 0.25) is 0 Å². The summed E-state index contributed by atoms with van der Waals surface area (Å²) in [5.74, 6) is 0. The number of aryl methyl sites for hydroxylation is 1. The summed E-state index contributed by atoms with van der Waals surface area (Å²) >= 11 is 5.75. The van der Waals surface area contributed by atoms with Gasteiger partial charge in [-0.25, -0.2) is 0 Å². The molecule has 6 heteroatoms. The van der Waals surface area contributed by atoms with Crippen LogP contribution in [0.1, 0.15) is 48.1 Å². The van der Waals surface area contributed by atoms with Crippen molar-refractivity contribution in [3.8, 4) is 5.69 Å². The fourth-order valence-corrected chi connectivity index (χ4v) is 4.94. The zero-order valence-corrected chi connectivity index (χ0v) is 19.8. The first-order valence-electron chi connectivity index (χ1n) is 10.9. The number of rotatable bonds is 6. The predicted octanol–water partition coefficient (Wildman–Crippen LogP) is 4.94. The van der Waals surface area contributed by atoms with Crippen molar-refractivity contribution in [1.82, 2.24) is 19.8 Å². The maximum Gasteiger partial charge on any atom is 0.170 e. The van der Waals surface area contributed by atoms with Gasteiger partial charge in [-0.05, 0) is 80.5 Å². The predicted molar refractivity (Wildman–Crippen MR) is 132 cm³/mol. The summed E-state index contributed by atoms with van der Waals surface area (Å²) in [6.07, 6.45) is 2.90. The maximum atomic E-state index is 5.75. The molecule has 1 aliphatic rings. The molecule has 1 fully saturated rings. The molecule has 2 atom stereocenters. The fraction of sp³-hybridized carbons (Fsp3) is 0.360. The first-order valence-corrected chi connectivity index (χ1v) is 11.3. The molecule has 2 unspecified atom stereocenters. The Morgan fingerprint density at radius 1 is 1.10 bits per heavy atom. The Kier molecular flexibility index (Phi) is 6.01. The van der Waals surface area contributed by atoms with E-state index >= 15 is 0 Å². The number of thiocarbonyl (C=S) groups is 1. The summed E-state index contributed by atoms with van der Waals surface area (Å²) < 4.78 is 2.34. The Morgan fingerprint density at radius 2 is 1.84 bits per heavy atom. The molecule has 0 radical (unpaired) electrons. The second-order valence-corrected chi connectivity index (χ2v) is 8.78. The Hall–Kier alpha value is -2.86. The standard InChI is InChI=1S/C25H31N5S/c1-6-15-29-24(23(27-25(29)31)22-9-7-8-14-26-22)21-16-17(2)30(18(21)3)20-12-10-19(11-13-20)28(4)5/h7-14,16,23-24H,6,15H2,1-5H3,(H,27,31). The Morgan fingerprint density at radius 3 is 2.45 bits per heavy atom. The Bertz CT molecular complexity index is 1060. The van der Waals surface area contributed by atoms with Crippen LogP contribution in [0.25, 0.3) is 5.69 Å². The van der Waals surface area contributed by atoms with Crippen LogP contribution in [0.15, 0.2) is 54.7 Å². The molecule has 0 amide bonds. The van der Waals surface area contributed by atoms with Gasteiger partial charge in [0.05, 0.1) is 17.8 Å². The van der Waals surface area contributed by atoms with E-state index in [-0.39, 0.29) is 12.1 Å². The minimum Gasteiger partial charge on any atom is -0.378 e. The molecule has 5 nitrogen and oxygen atoms in total. The largest absolute Gasteiger partial charge is 0.378 e. The lowest BCUT2D eigenvalue weighted by molar-refractivity contribution is 0.316. The maximum absolute atomic E-state index is 5.75. The van der Waals surface area contributed by atoms with Gasteiger partial charge in [0.2, 0.25) is 0 Å². The van der Waals surface area contributed by atoms with Crippen LogP contribution < -0.4 is 10.2 Å². The van der Waals surface area contributed by atoms with Crippen molar-refractivity contribution >= 4 is 23.0 Å². The zero-order valence-electron chi connectivity index (χ0n) is 19.0. The van der Waals surface area contributed by atoms with Crippen LogP contribution in [0.4, 0.5) is 5.69 Å². The third-order valence-electron chi connectivity index (χ3n) is 6.08. The third-order valence-corrected chi connectivity index (χ3v) is 6.43. The number of anilines is 1. The molecule has 1 aliphatic heterocycles. The van der Waals surface area contributed by atoms with E-state index in [1.54, 1.807) is 0 Å². The van der Waals surface area contributed by atoms with Gasteiger partial charge in [0, 0.05) is 49.6 Å². The number of hydrogen-bond donors (Lipinski definition) is 1. The number of nitrogens with zero attached hydrogens (tertiary/aromatic N) is 4. The van der Waals surface area contributed by atoms with E-state index in [1.807, 2.05) is 18.3 Å². The second-order valence-electron chi connectivity index (χ2n) is 8.39. The third kappa shape index (κ3) is 3.92. The summed E-state index contributed by atoms with van der Waals surface area (Å²) in [4.78, 5) is 9.10. The summed E-state index contributed by atoms with van der Waals surface area (Å²) in [6.45, 7) is 7.50. The number of aromatic nitrogens is 2. The van der Waals surface area contributed by atoms with Crippen LogP contribution in [-0.4, -0.2) is 40.2 Å². The van der Waals surface area contributed by atoms with E-state index < -0.39 is 0 Å². The molecule has 1 aromatic carbocycles. The van der Waals surface area contributed by atoms with Crippen LogP contribution in [0.3, 0.4) is 0 Å². The summed E-state index contributed by atoms with van der Waals surface area (Å²) in [5.41, 5.74) is 7.16.